The third-order valence-electron chi connectivity index (χ3n) is 4.41. The molecule has 2 aromatic rings. The van der Waals surface area contributed by atoms with Crippen molar-refractivity contribution in [1.29, 1.82) is 0 Å². The molecule has 2 aromatic heterocycles. The van der Waals surface area contributed by atoms with Crippen molar-refractivity contribution in [2.24, 2.45) is 0 Å². The number of ketones is 1. The lowest BCUT2D eigenvalue weighted by molar-refractivity contribution is -0.122. The van der Waals surface area contributed by atoms with E-state index in [-0.39, 0.29) is 24.3 Å². The van der Waals surface area contributed by atoms with E-state index in [9.17, 15) is 9.59 Å². The van der Waals surface area contributed by atoms with Crippen molar-refractivity contribution < 1.29 is 9.59 Å². The Morgan fingerprint density at radius 2 is 2.22 bits per heavy atom. The van der Waals surface area contributed by atoms with Crippen LogP contribution in [0.15, 0.2) is 6.20 Å². The highest BCUT2D eigenvalue weighted by atomic mass is 16.2. The number of H-pyrrole nitrogens is 1. The zero-order valence-electron chi connectivity index (χ0n) is 13.6. The Hall–Kier alpha value is -2.44. The maximum Gasteiger partial charge on any atom is 0.241 e. The summed E-state index contributed by atoms with van der Waals surface area (Å²) in [6.45, 7) is 5.26. The van der Waals surface area contributed by atoms with E-state index >= 15 is 0 Å². The highest BCUT2D eigenvalue weighted by Crippen LogP contribution is 2.19. The molecular formula is C16H21N5O2. The topological polar surface area (TPSA) is 92.7 Å². The Labute approximate surface area is 134 Å². The molecule has 122 valence electrons. The van der Waals surface area contributed by atoms with E-state index in [4.69, 9.17) is 0 Å². The number of nitrogens with one attached hydrogen (secondary N) is 2. The third kappa shape index (κ3) is 3.04. The molecule has 0 saturated heterocycles. The van der Waals surface area contributed by atoms with Crippen LogP contribution >= 0.6 is 0 Å². The monoisotopic (exact) mass is 315 g/mol. The fraction of sp³-hybridized carbons (Fsp3) is 0.500. The Bertz CT molecular complexity index is 759. The lowest BCUT2D eigenvalue weighted by Crippen LogP contribution is -2.40. The molecular weight excluding hydrogens is 294 g/mol. The summed E-state index contributed by atoms with van der Waals surface area (Å²) in [5, 5.41) is 14.4. The van der Waals surface area contributed by atoms with E-state index in [0.717, 1.165) is 30.7 Å². The van der Waals surface area contributed by atoms with Crippen LogP contribution in [0, 0.1) is 13.8 Å². The number of aromatic amines is 1. The number of carbonyl (C=O) groups is 2. The van der Waals surface area contributed by atoms with E-state index in [1.165, 1.54) is 12.5 Å². The van der Waals surface area contributed by atoms with E-state index < -0.39 is 0 Å². The van der Waals surface area contributed by atoms with Gasteiger partial charge in [-0.05, 0) is 39.2 Å². The number of carbonyl (C=O) groups excluding carboxylic acids is 2. The van der Waals surface area contributed by atoms with Crippen LogP contribution < -0.4 is 5.32 Å². The van der Waals surface area contributed by atoms with Gasteiger partial charge in [-0.2, -0.15) is 10.2 Å². The summed E-state index contributed by atoms with van der Waals surface area (Å²) in [6.07, 6.45) is 4.46. The fourth-order valence-electron chi connectivity index (χ4n) is 3.30. The van der Waals surface area contributed by atoms with E-state index in [0.29, 0.717) is 11.3 Å². The molecule has 1 atom stereocenters. The number of aromatic nitrogens is 4. The van der Waals surface area contributed by atoms with Crippen LogP contribution in [-0.4, -0.2) is 37.7 Å². The normalized spacial score (nSPS) is 16.9. The van der Waals surface area contributed by atoms with Crippen molar-refractivity contribution in [3.63, 3.8) is 0 Å². The number of Topliss-reactive ketones (excluding diaryl/α,β-unsaturated/α-hetero) is 1. The van der Waals surface area contributed by atoms with Crippen LogP contribution in [0.1, 0.15) is 46.3 Å². The summed E-state index contributed by atoms with van der Waals surface area (Å²) in [7, 11) is 0. The van der Waals surface area contributed by atoms with Crippen LogP contribution in [-0.2, 0) is 24.2 Å². The van der Waals surface area contributed by atoms with E-state index in [1.807, 2.05) is 13.1 Å². The molecule has 3 rings (SSSR count). The van der Waals surface area contributed by atoms with Gasteiger partial charge >= 0.3 is 0 Å². The van der Waals surface area contributed by atoms with Gasteiger partial charge in [0.2, 0.25) is 5.91 Å². The lowest BCUT2D eigenvalue weighted by atomic mass is 9.94. The molecule has 0 saturated carbocycles. The van der Waals surface area contributed by atoms with Gasteiger partial charge in [0.15, 0.2) is 5.78 Å². The van der Waals surface area contributed by atoms with Gasteiger partial charge in [-0.1, -0.05) is 0 Å². The number of aryl methyl sites for hydroxylation is 2. The molecule has 1 aliphatic carbocycles. The first-order valence-electron chi connectivity index (χ1n) is 7.81. The second-order valence-electron chi connectivity index (χ2n) is 6.14. The predicted octanol–water partition coefficient (Wildman–Crippen LogP) is 1.10. The van der Waals surface area contributed by atoms with Crippen molar-refractivity contribution in [2.75, 3.05) is 0 Å². The number of hydrogen-bond acceptors (Lipinski definition) is 4. The van der Waals surface area contributed by atoms with Crippen molar-refractivity contribution in [2.45, 2.75) is 52.6 Å². The first kappa shape index (κ1) is 15.5. The van der Waals surface area contributed by atoms with Gasteiger partial charge in [-0.25, -0.2) is 0 Å². The molecule has 0 bridgehead atoms. The minimum atomic E-state index is -0.0846. The largest absolute Gasteiger partial charge is 0.351 e. The standard InChI is InChI=1S/C16H21N5O2/c1-9-16(11(3)22)10(2)21(20-9)8-15(23)18-13-5-4-12-7-17-19-14(12)6-13/h7,13H,4-6,8H2,1-3H3,(H,17,19)(H,18,23). The molecule has 1 unspecified atom stereocenters. The molecule has 7 nitrogen and oxygen atoms in total. The Morgan fingerprint density at radius 1 is 1.43 bits per heavy atom. The lowest BCUT2D eigenvalue weighted by Gasteiger charge is -2.22. The van der Waals surface area contributed by atoms with Crippen LogP contribution in [0.3, 0.4) is 0 Å². The molecule has 1 aliphatic rings. The average Bonchev–Trinajstić information content (AvgIpc) is 3.03. The highest BCUT2D eigenvalue weighted by molar-refractivity contribution is 5.96. The van der Waals surface area contributed by atoms with Gasteiger partial charge in [-0.15, -0.1) is 0 Å². The van der Waals surface area contributed by atoms with Crippen LogP contribution in [0.4, 0.5) is 0 Å². The third-order valence-corrected chi connectivity index (χ3v) is 4.41. The minimum Gasteiger partial charge on any atom is -0.351 e. The SMILES string of the molecule is CC(=O)c1c(C)nn(CC(=O)NC2CCc3cn[nH]c3C2)c1C. The zero-order valence-corrected chi connectivity index (χ0v) is 13.6. The molecule has 0 aromatic carbocycles. The van der Waals surface area contributed by atoms with Crippen molar-refractivity contribution in [3.8, 4) is 0 Å². The minimum absolute atomic E-state index is 0.0225. The second kappa shape index (κ2) is 5.98. The smallest absolute Gasteiger partial charge is 0.241 e. The number of fused-ring (bicyclic) bond motifs is 1. The molecule has 2 heterocycles. The zero-order chi connectivity index (χ0) is 16.6. The maximum absolute atomic E-state index is 12.3. The van der Waals surface area contributed by atoms with Gasteiger partial charge < -0.3 is 5.32 Å². The summed E-state index contributed by atoms with van der Waals surface area (Å²) < 4.78 is 1.60. The summed E-state index contributed by atoms with van der Waals surface area (Å²) in [5.74, 6) is -0.107. The summed E-state index contributed by atoms with van der Waals surface area (Å²) in [6, 6.07) is 0.111. The second-order valence-corrected chi connectivity index (χ2v) is 6.14. The fourth-order valence-corrected chi connectivity index (χ4v) is 3.30. The quantitative estimate of drug-likeness (QED) is 0.826. The van der Waals surface area contributed by atoms with Crippen LogP contribution in [0.5, 0.6) is 0 Å². The molecule has 0 aliphatic heterocycles. The number of hydrogen-bond donors (Lipinski definition) is 2. The van der Waals surface area contributed by atoms with Gasteiger partial charge in [0.25, 0.3) is 0 Å². The molecule has 23 heavy (non-hydrogen) atoms. The Kier molecular flexibility index (Phi) is 4.02. The summed E-state index contributed by atoms with van der Waals surface area (Å²) in [4.78, 5) is 23.9. The number of nitrogens with zero attached hydrogens (tertiary/aromatic N) is 3. The highest BCUT2D eigenvalue weighted by Gasteiger charge is 2.22. The summed E-state index contributed by atoms with van der Waals surface area (Å²) in [5.41, 5.74) is 4.36. The Balaban J connectivity index is 1.64. The van der Waals surface area contributed by atoms with E-state index in [1.54, 1.807) is 11.6 Å². The maximum atomic E-state index is 12.3. The average molecular weight is 315 g/mol. The number of amides is 1. The van der Waals surface area contributed by atoms with Gasteiger partial charge in [-0.3, -0.25) is 19.4 Å². The van der Waals surface area contributed by atoms with Crippen LogP contribution in [0.2, 0.25) is 0 Å². The number of rotatable bonds is 4. The van der Waals surface area contributed by atoms with Crippen LogP contribution in [0.25, 0.3) is 0 Å². The molecule has 0 radical (unpaired) electrons. The van der Waals surface area contributed by atoms with Gasteiger partial charge in [0, 0.05) is 23.9 Å². The molecule has 2 N–H and O–H groups in total. The molecule has 0 spiro atoms. The Morgan fingerprint density at radius 3 is 2.91 bits per heavy atom. The van der Waals surface area contributed by atoms with Gasteiger partial charge in [0.1, 0.15) is 6.54 Å². The van der Waals surface area contributed by atoms with Crippen molar-refractivity contribution in [1.82, 2.24) is 25.3 Å². The summed E-state index contributed by atoms with van der Waals surface area (Å²) >= 11 is 0. The molecule has 0 fully saturated rings. The molecule has 1 amide bonds. The first-order valence-corrected chi connectivity index (χ1v) is 7.81. The van der Waals surface area contributed by atoms with Crippen molar-refractivity contribution >= 4 is 11.7 Å². The van der Waals surface area contributed by atoms with Gasteiger partial charge in [0.05, 0.1) is 17.5 Å². The predicted molar refractivity (Wildman–Crippen MR) is 84.2 cm³/mol. The van der Waals surface area contributed by atoms with E-state index in [2.05, 4.69) is 20.6 Å². The molecule has 7 heteroatoms. The first-order chi connectivity index (χ1) is 11.0. The van der Waals surface area contributed by atoms with Crippen molar-refractivity contribution in [3.05, 3.63) is 34.4 Å².